The van der Waals surface area contributed by atoms with Gasteiger partial charge in [0.15, 0.2) is 0 Å². The Balaban J connectivity index is 1.94. The number of carbonyl (C=O) groups excluding carboxylic acids is 1. The van der Waals surface area contributed by atoms with Gasteiger partial charge < -0.3 is 15.4 Å². The number of hydrogen-bond acceptors (Lipinski definition) is 6. The van der Waals surface area contributed by atoms with Crippen molar-refractivity contribution >= 4 is 11.6 Å². The normalized spacial score (nSPS) is 16.8. The molecule has 1 fully saturated rings. The van der Waals surface area contributed by atoms with Crippen molar-refractivity contribution < 1.29 is 19.9 Å². The number of likely N-dealkylation sites (tertiary alicyclic amines) is 1. The maximum atomic E-state index is 12.1. The van der Waals surface area contributed by atoms with E-state index in [1.807, 2.05) is 29.2 Å². The minimum absolute atomic E-state index is 0.0775. The van der Waals surface area contributed by atoms with Crippen LogP contribution in [0, 0.1) is 0 Å². The first kappa shape index (κ1) is 18.2. The van der Waals surface area contributed by atoms with E-state index in [0.29, 0.717) is 25.3 Å². The molecule has 2 aromatic rings. The van der Waals surface area contributed by atoms with Crippen LogP contribution in [0.15, 0.2) is 42.5 Å². The zero-order valence-electron chi connectivity index (χ0n) is 14.6. The van der Waals surface area contributed by atoms with Gasteiger partial charge in [-0.15, -0.1) is 5.23 Å². The molecule has 1 atom stereocenters. The Bertz CT molecular complexity index is 794. The topological polar surface area (TPSA) is 99.3 Å². The van der Waals surface area contributed by atoms with Crippen LogP contribution in [0.5, 0.6) is 5.75 Å². The smallest absolute Gasteiger partial charge is 0.223 e. The number of nitrogens with two attached hydrogens (primary N) is 1. The fourth-order valence-electron chi connectivity index (χ4n) is 3.33. The zero-order chi connectivity index (χ0) is 18.7. The van der Waals surface area contributed by atoms with Crippen molar-refractivity contribution in [2.45, 2.75) is 25.4 Å². The van der Waals surface area contributed by atoms with E-state index in [1.54, 1.807) is 25.3 Å². The Morgan fingerprint density at radius 2 is 2.08 bits per heavy atom. The standard InChI is InChI=1S/C19H23N3O4/c1-26-18-7-5-13(12-21-16(11-20)6-8-19(21)23)9-17(18)14-3-2-4-15(10-14)22(24)25/h2-5,7,9-10,16,24-25H,6,8,11-12,20H2,1H3/t16-/m0/s1. The van der Waals surface area contributed by atoms with Crippen molar-refractivity contribution in [2.75, 3.05) is 18.9 Å². The van der Waals surface area contributed by atoms with Crippen LogP contribution in [0.2, 0.25) is 0 Å². The summed E-state index contributed by atoms with van der Waals surface area (Å²) < 4.78 is 5.45. The van der Waals surface area contributed by atoms with Gasteiger partial charge in [-0.2, -0.15) is 0 Å². The summed E-state index contributed by atoms with van der Waals surface area (Å²) in [5.74, 6) is 0.785. The van der Waals surface area contributed by atoms with E-state index in [2.05, 4.69) is 0 Å². The predicted octanol–water partition coefficient (Wildman–Crippen LogP) is 2.40. The lowest BCUT2D eigenvalue weighted by molar-refractivity contribution is -0.129. The van der Waals surface area contributed by atoms with Gasteiger partial charge >= 0.3 is 0 Å². The molecule has 0 radical (unpaired) electrons. The molecule has 0 bridgehead atoms. The number of benzene rings is 2. The second-order valence-electron chi connectivity index (χ2n) is 6.32. The first-order chi connectivity index (χ1) is 12.5. The van der Waals surface area contributed by atoms with Gasteiger partial charge in [0.1, 0.15) is 5.75 Å². The molecule has 0 spiro atoms. The maximum Gasteiger partial charge on any atom is 0.223 e. The van der Waals surface area contributed by atoms with Gasteiger partial charge in [-0.25, -0.2) is 0 Å². The summed E-state index contributed by atoms with van der Waals surface area (Å²) >= 11 is 0. The van der Waals surface area contributed by atoms with Crippen LogP contribution < -0.4 is 15.7 Å². The average Bonchev–Trinajstić information content (AvgIpc) is 3.01. The molecule has 0 aliphatic carbocycles. The molecule has 1 aliphatic rings. The number of hydrogen-bond donors (Lipinski definition) is 3. The van der Waals surface area contributed by atoms with Gasteiger partial charge in [-0.3, -0.25) is 15.2 Å². The highest BCUT2D eigenvalue weighted by Crippen LogP contribution is 2.33. The fourth-order valence-corrected chi connectivity index (χ4v) is 3.33. The van der Waals surface area contributed by atoms with Crippen molar-refractivity contribution in [3.8, 4) is 16.9 Å². The SMILES string of the molecule is COc1ccc(CN2C(=O)CC[C@H]2CN)cc1-c1cccc(N(O)O)c1. The van der Waals surface area contributed by atoms with E-state index >= 15 is 0 Å². The van der Waals surface area contributed by atoms with Crippen molar-refractivity contribution in [1.82, 2.24) is 4.90 Å². The Kier molecular flexibility index (Phi) is 5.41. The minimum Gasteiger partial charge on any atom is -0.496 e. The van der Waals surface area contributed by atoms with E-state index < -0.39 is 0 Å². The van der Waals surface area contributed by atoms with E-state index in [9.17, 15) is 15.2 Å². The molecular formula is C19H23N3O4. The van der Waals surface area contributed by atoms with Gasteiger partial charge in [-0.05, 0) is 41.8 Å². The first-order valence-electron chi connectivity index (χ1n) is 8.48. The van der Waals surface area contributed by atoms with Gasteiger partial charge in [0, 0.05) is 31.1 Å². The Labute approximate surface area is 152 Å². The van der Waals surface area contributed by atoms with Crippen LogP contribution in [0.1, 0.15) is 18.4 Å². The summed E-state index contributed by atoms with van der Waals surface area (Å²) in [5.41, 5.74) is 8.58. The summed E-state index contributed by atoms with van der Waals surface area (Å²) in [6.45, 7) is 0.948. The monoisotopic (exact) mass is 357 g/mol. The second kappa shape index (κ2) is 7.74. The van der Waals surface area contributed by atoms with Crippen molar-refractivity contribution in [2.24, 2.45) is 5.73 Å². The van der Waals surface area contributed by atoms with Crippen LogP contribution in [-0.2, 0) is 11.3 Å². The molecule has 2 aromatic carbocycles. The van der Waals surface area contributed by atoms with E-state index in [0.717, 1.165) is 23.1 Å². The third-order valence-electron chi connectivity index (χ3n) is 4.73. The lowest BCUT2D eigenvalue weighted by atomic mass is 10.0. The fraction of sp³-hybridized carbons (Fsp3) is 0.316. The number of ether oxygens (including phenoxy) is 1. The number of amides is 1. The summed E-state index contributed by atoms with van der Waals surface area (Å²) in [5, 5.41) is 18.6. The highest BCUT2D eigenvalue weighted by Gasteiger charge is 2.29. The van der Waals surface area contributed by atoms with E-state index in [1.165, 1.54) is 0 Å². The number of rotatable bonds is 6. The predicted molar refractivity (Wildman–Crippen MR) is 97.1 cm³/mol. The van der Waals surface area contributed by atoms with Gasteiger partial charge in [-0.1, -0.05) is 18.2 Å². The molecular weight excluding hydrogens is 334 g/mol. The summed E-state index contributed by atoms with van der Waals surface area (Å²) in [7, 11) is 1.58. The zero-order valence-corrected chi connectivity index (χ0v) is 14.6. The van der Waals surface area contributed by atoms with Crippen LogP contribution >= 0.6 is 0 Å². The average molecular weight is 357 g/mol. The highest BCUT2D eigenvalue weighted by molar-refractivity contribution is 5.79. The lowest BCUT2D eigenvalue weighted by Crippen LogP contribution is -2.37. The molecule has 26 heavy (non-hydrogen) atoms. The van der Waals surface area contributed by atoms with Crippen molar-refractivity contribution in [1.29, 1.82) is 0 Å². The van der Waals surface area contributed by atoms with Gasteiger partial charge in [0.05, 0.1) is 12.8 Å². The first-order valence-corrected chi connectivity index (χ1v) is 8.48. The molecule has 4 N–H and O–H groups in total. The van der Waals surface area contributed by atoms with Crippen LogP contribution in [0.25, 0.3) is 11.1 Å². The molecule has 0 saturated carbocycles. The second-order valence-corrected chi connectivity index (χ2v) is 6.32. The minimum atomic E-state index is 0.0775. The molecule has 1 heterocycles. The molecule has 0 aromatic heterocycles. The Hall–Kier alpha value is -2.61. The molecule has 1 saturated heterocycles. The number of anilines is 1. The van der Waals surface area contributed by atoms with Crippen LogP contribution in [0.3, 0.4) is 0 Å². The Morgan fingerprint density at radius 3 is 2.77 bits per heavy atom. The number of carbonyl (C=O) groups is 1. The highest BCUT2D eigenvalue weighted by atomic mass is 16.8. The third kappa shape index (κ3) is 3.65. The van der Waals surface area contributed by atoms with Crippen molar-refractivity contribution in [3.05, 3.63) is 48.0 Å². The third-order valence-corrected chi connectivity index (χ3v) is 4.73. The van der Waals surface area contributed by atoms with Gasteiger partial charge in [0.2, 0.25) is 5.91 Å². The van der Waals surface area contributed by atoms with Gasteiger partial charge in [0.25, 0.3) is 0 Å². The maximum absolute atomic E-state index is 12.1. The quantitative estimate of drug-likeness (QED) is 0.687. The molecule has 3 rings (SSSR count). The van der Waals surface area contributed by atoms with Crippen LogP contribution in [0.4, 0.5) is 5.69 Å². The number of methoxy groups -OCH3 is 1. The molecule has 1 amide bonds. The molecule has 7 nitrogen and oxygen atoms in total. The largest absolute Gasteiger partial charge is 0.496 e. The lowest BCUT2D eigenvalue weighted by Gasteiger charge is -2.24. The summed E-state index contributed by atoms with van der Waals surface area (Å²) in [6.07, 6.45) is 1.33. The van der Waals surface area contributed by atoms with E-state index in [-0.39, 0.29) is 22.9 Å². The Morgan fingerprint density at radius 1 is 1.27 bits per heavy atom. The number of nitrogens with zero attached hydrogens (tertiary/aromatic N) is 2. The van der Waals surface area contributed by atoms with E-state index in [4.69, 9.17) is 10.5 Å². The molecule has 1 aliphatic heterocycles. The summed E-state index contributed by atoms with van der Waals surface area (Å²) in [6, 6.07) is 12.6. The summed E-state index contributed by atoms with van der Waals surface area (Å²) in [4.78, 5) is 14.0. The van der Waals surface area contributed by atoms with Crippen molar-refractivity contribution in [3.63, 3.8) is 0 Å². The molecule has 0 unspecified atom stereocenters. The molecule has 138 valence electrons. The van der Waals surface area contributed by atoms with Crippen LogP contribution in [-0.4, -0.2) is 40.9 Å². The molecule has 7 heteroatoms.